The average molecular weight is 878 g/mol. The van der Waals surface area contributed by atoms with E-state index in [-0.39, 0.29) is 53.9 Å². The Hall–Kier alpha value is -4.19. The molecule has 0 amide bonds. The van der Waals surface area contributed by atoms with Gasteiger partial charge in [-0.15, -0.1) is 0 Å². The summed E-state index contributed by atoms with van der Waals surface area (Å²) in [5.41, 5.74) is 8.31. The van der Waals surface area contributed by atoms with E-state index < -0.39 is 55.7 Å². The van der Waals surface area contributed by atoms with Crippen LogP contribution in [0.4, 0.5) is 15.9 Å². The van der Waals surface area contributed by atoms with E-state index in [0.29, 0.717) is 42.5 Å². The summed E-state index contributed by atoms with van der Waals surface area (Å²) < 4.78 is 57.6. The molecule has 6 aromatic rings. The lowest BCUT2D eigenvalue weighted by molar-refractivity contribution is -0.384. The molecule has 7 heterocycles. The van der Waals surface area contributed by atoms with Gasteiger partial charge in [0.15, 0.2) is 35.0 Å². The number of hydrogen-bond donors (Lipinski definition) is 3. The Morgan fingerprint density at radius 2 is 1.78 bits per heavy atom. The van der Waals surface area contributed by atoms with Crippen molar-refractivity contribution in [3.05, 3.63) is 71.3 Å². The summed E-state index contributed by atoms with van der Waals surface area (Å²) in [5.74, 6) is 0.204. The molecule has 9 atom stereocenters. The first-order valence-electron chi connectivity index (χ1n) is 17.9. The van der Waals surface area contributed by atoms with Crippen molar-refractivity contribution in [1.82, 2.24) is 43.4 Å². The number of imidazole rings is 3. The molecule has 1 saturated carbocycles. The summed E-state index contributed by atoms with van der Waals surface area (Å²) in [5, 5.41) is 11.0. The van der Waals surface area contributed by atoms with Crippen LogP contribution in [0.15, 0.2) is 55.6 Å². The molecule has 1 aromatic carbocycles. The molecule has 3 unspecified atom stereocenters. The number of nitro groups is 1. The zero-order chi connectivity index (χ0) is 40.3. The van der Waals surface area contributed by atoms with Crippen LogP contribution in [0.1, 0.15) is 37.1 Å². The Kier molecular flexibility index (Phi) is 10.5. The van der Waals surface area contributed by atoms with Crippen LogP contribution in [0.2, 0.25) is 0 Å². The topological polar surface area (TPSA) is 257 Å². The summed E-state index contributed by atoms with van der Waals surface area (Å²) in [7, 11) is 0. The van der Waals surface area contributed by atoms with Gasteiger partial charge < -0.3 is 43.1 Å². The van der Waals surface area contributed by atoms with E-state index in [2.05, 4.69) is 29.9 Å². The average Bonchev–Trinajstić information content (AvgIpc) is 3.99. The summed E-state index contributed by atoms with van der Waals surface area (Å²) >= 11 is 10.9. The fourth-order valence-corrected chi connectivity index (χ4v) is 10.7. The standard InChI is InChI=1S/C32H34FN11O10P2S2/c33-23-26-22(52-31(23)43-16-39-25-29(40-32-35-8-9-41(32)30(25)43)49-10-7-17-1-3-19(4-2-17)44(45)46)13-51-55(47,57)50-12-18-11-20(53-56(48,58)54-26)5-6-21(18)42-15-38-24-27(34)36-14-37-28(24)42/h1-4,8-9,14-16,18,20-23,26,31H,5-7,10-13H2,(H,47,57)(H,48,58)(H2,34,36,37)/t18-,20?,21+,22+,23+,26+,31+,55?,56?/m0/s1. The first-order chi connectivity index (χ1) is 27.8. The molecule has 2 aliphatic heterocycles. The van der Waals surface area contributed by atoms with Gasteiger partial charge in [-0.1, -0.05) is 12.1 Å². The van der Waals surface area contributed by atoms with Gasteiger partial charge in [-0.05, 0) is 48.4 Å². The number of aromatic nitrogens is 9. The highest BCUT2D eigenvalue weighted by molar-refractivity contribution is 8.07. The van der Waals surface area contributed by atoms with Crippen LogP contribution in [0.5, 0.6) is 5.88 Å². The van der Waals surface area contributed by atoms with Crippen molar-refractivity contribution in [3.63, 3.8) is 0 Å². The Balaban J connectivity index is 0.966. The van der Waals surface area contributed by atoms with Crippen molar-refractivity contribution in [1.29, 1.82) is 0 Å². The molecule has 2 bridgehead atoms. The number of anilines is 1. The molecule has 26 heteroatoms. The van der Waals surface area contributed by atoms with E-state index in [0.717, 1.165) is 5.56 Å². The van der Waals surface area contributed by atoms with Gasteiger partial charge in [0, 0.05) is 42.9 Å². The fraction of sp³-hybridized carbons (Fsp3) is 0.438. The lowest BCUT2D eigenvalue weighted by Crippen LogP contribution is -2.35. The molecule has 2 saturated heterocycles. The molecule has 1 aliphatic carbocycles. The van der Waals surface area contributed by atoms with Gasteiger partial charge in [-0.25, -0.2) is 29.3 Å². The van der Waals surface area contributed by atoms with Gasteiger partial charge in [0.05, 0.1) is 43.5 Å². The second-order valence-corrected chi connectivity index (χ2v) is 19.5. The number of rotatable bonds is 7. The van der Waals surface area contributed by atoms with Crippen molar-refractivity contribution >= 4 is 76.7 Å². The zero-order valence-corrected chi connectivity index (χ0v) is 33.4. The third-order valence-corrected chi connectivity index (χ3v) is 13.5. The normalized spacial score (nSPS) is 30.8. The second-order valence-electron chi connectivity index (χ2n) is 13.9. The highest BCUT2D eigenvalue weighted by Gasteiger charge is 2.51. The van der Waals surface area contributed by atoms with Crippen LogP contribution in [0.25, 0.3) is 28.1 Å². The van der Waals surface area contributed by atoms with Gasteiger partial charge >= 0.3 is 13.4 Å². The molecule has 0 radical (unpaired) electrons. The van der Waals surface area contributed by atoms with E-state index >= 15 is 4.39 Å². The molecule has 5 aromatic heterocycles. The Morgan fingerprint density at radius 3 is 2.59 bits per heavy atom. The van der Waals surface area contributed by atoms with Gasteiger partial charge in [-0.2, -0.15) is 4.98 Å². The number of alkyl halides is 1. The number of nitrogens with two attached hydrogens (primary N) is 1. The van der Waals surface area contributed by atoms with Gasteiger partial charge in [0.1, 0.15) is 24.1 Å². The van der Waals surface area contributed by atoms with Gasteiger partial charge in [0.25, 0.3) is 5.69 Å². The maximum absolute atomic E-state index is 16.9. The number of non-ortho nitro benzene ring substituents is 1. The maximum Gasteiger partial charge on any atom is 0.325 e. The third-order valence-electron chi connectivity index (χ3n) is 10.4. The van der Waals surface area contributed by atoms with E-state index in [1.165, 1.54) is 35.6 Å². The molecular formula is C32H34FN11O10P2S2. The molecule has 58 heavy (non-hydrogen) atoms. The molecule has 0 spiro atoms. The Bertz CT molecular complexity index is 2620. The predicted molar refractivity (Wildman–Crippen MR) is 208 cm³/mol. The van der Waals surface area contributed by atoms with Crippen molar-refractivity contribution in [2.24, 2.45) is 5.92 Å². The number of nitro benzene ring substituents is 1. The Morgan fingerprint density at radius 1 is 1.00 bits per heavy atom. The molecule has 3 fully saturated rings. The van der Waals surface area contributed by atoms with Crippen LogP contribution in [0, 0.1) is 16.0 Å². The highest BCUT2D eigenvalue weighted by Crippen LogP contribution is 2.55. The largest absolute Gasteiger partial charge is 0.476 e. The minimum absolute atomic E-state index is 0.0271. The zero-order valence-electron chi connectivity index (χ0n) is 30.0. The number of fused-ring (bicyclic) bond motifs is 7. The van der Waals surface area contributed by atoms with E-state index in [4.69, 9.17) is 56.9 Å². The second kappa shape index (κ2) is 15.4. The van der Waals surface area contributed by atoms with Crippen molar-refractivity contribution in [3.8, 4) is 5.88 Å². The molecular weight excluding hydrogens is 843 g/mol. The molecule has 3 aliphatic rings. The summed E-state index contributed by atoms with van der Waals surface area (Å²) in [6, 6.07) is 5.84. The van der Waals surface area contributed by atoms with E-state index in [9.17, 15) is 19.9 Å². The monoisotopic (exact) mass is 877 g/mol. The molecule has 21 nitrogen and oxygen atoms in total. The van der Waals surface area contributed by atoms with Crippen LogP contribution in [0.3, 0.4) is 0 Å². The number of halogens is 1. The Labute approximate surface area is 336 Å². The van der Waals surface area contributed by atoms with Crippen LogP contribution >= 0.6 is 13.4 Å². The third kappa shape index (κ3) is 7.58. The smallest absolute Gasteiger partial charge is 0.325 e. The minimum Gasteiger partial charge on any atom is -0.476 e. The number of benzene rings is 1. The number of nitrogen functional groups attached to an aromatic ring is 1. The highest BCUT2D eigenvalue weighted by atomic mass is 32.5. The van der Waals surface area contributed by atoms with Crippen LogP contribution < -0.4 is 10.5 Å². The van der Waals surface area contributed by atoms with Gasteiger partial charge in [-0.3, -0.25) is 23.6 Å². The first-order valence-corrected chi connectivity index (χ1v) is 23.1. The van der Waals surface area contributed by atoms with Crippen LogP contribution in [-0.2, 0) is 52.9 Å². The predicted octanol–water partition coefficient (Wildman–Crippen LogP) is 3.86. The number of nitrogens with zero attached hydrogens (tertiary/aromatic N) is 10. The number of hydrogen-bond acceptors (Lipinski definition) is 17. The van der Waals surface area contributed by atoms with Crippen LogP contribution in [-0.4, -0.2) is 102 Å². The minimum atomic E-state index is -4.14. The van der Waals surface area contributed by atoms with E-state index in [1.54, 1.807) is 29.1 Å². The molecule has 9 rings (SSSR count). The maximum atomic E-state index is 16.9. The first kappa shape index (κ1) is 39.3. The molecule has 4 N–H and O–H groups in total. The summed E-state index contributed by atoms with van der Waals surface area (Å²) in [4.78, 5) is 59.3. The lowest BCUT2D eigenvalue weighted by atomic mass is 9.83. The van der Waals surface area contributed by atoms with Crippen molar-refractivity contribution in [2.45, 2.75) is 62.4 Å². The number of ether oxygens (including phenoxy) is 2. The summed E-state index contributed by atoms with van der Waals surface area (Å²) in [6.07, 6.45) is 2.19. The fourth-order valence-electron chi connectivity index (χ4n) is 7.67. The lowest BCUT2D eigenvalue weighted by Gasteiger charge is -2.37. The SMILES string of the molecule is Nc1ncnc2c1ncn2[C@@H]1CCC2C[C@H]1COP(O)(=S)OC[C@H]1O[C@@H](n3cnc4c(OCCc5ccc([N+](=O)[O-])cc5)nc5nccn5c43)[C@H](F)[C@@H]1OP(O)(=S)O2. The van der Waals surface area contributed by atoms with Crippen molar-refractivity contribution < 1.29 is 46.7 Å². The van der Waals surface area contributed by atoms with E-state index in [1.807, 2.05) is 4.57 Å². The summed E-state index contributed by atoms with van der Waals surface area (Å²) in [6.45, 7) is -8.51. The molecule has 306 valence electrons. The quantitative estimate of drug-likeness (QED) is 0.117. The van der Waals surface area contributed by atoms with Crippen molar-refractivity contribution in [2.75, 3.05) is 25.6 Å². The van der Waals surface area contributed by atoms with Gasteiger partial charge in [0.2, 0.25) is 11.7 Å².